The van der Waals surface area contributed by atoms with Gasteiger partial charge in [-0.3, -0.25) is 47.9 Å². The topological polar surface area (TPSA) is 485 Å². The molecule has 0 atom stereocenters. The second-order valence-electron chi connectivity index (χ2n) is 20.1. The van der Waals surface area contributed by atoms with Gasteiger partial charge in [-0.15, -0.1) is 0 Å². The Kier molecular flexibility index (Phi) is 19.4. The molecular formula is C65H47N23O10. The van der Waals surface area contributed by atoms with Gasteiger partial charge in [-0.2, -0.15) is 0 Å². The van der Waals surface area contributed by atoms with E-state index < -0.39 is 59.1 Å². The molecule has 33 nitrogen and oxygen atoms in total. The number of carbonyl (C=O) groups excluding carboxylic acids is 10. The first kappa shape index (κ1) is 64.5. The lowest BCUT2D eigenvalue weighted by molar-refractivity contribution is 0.0997. The highest BCUT2D eigenvalue weighted by atomic mass is 16.2. The SMILES string of the molecule is Nc1cccc(NC(=O)c2cccc(C(=O)Nc3cccc(NC(=O)c4cccc(C(=O)Nc5cccc(NC(=O)c6cccc(C(=O)Nc7cccc(NC(=O)c8cccc(C(=O)Nc9cccc(NC(=O)c%10cccc(C(=O)Nc%11cccc(N)n%11)n%10)n9)n8)n7)n6)n5)n4)n3)n2)n1. The number of pyridine rings is 11. The lowest BCUT2D eigenvalue weighted by Gasteiger charge is -2.10. The van der Waals surface area contributed by atoms with Crippen molar-refractivity contribution in [3.05, 3.63) is 257 Å². The Morgan fingerprint density at radius 2 is 0.296 bits per heavy atom. The average molecular weight is 1310 g/mol. The Morgan fingerprint density at radius 3 is 0.439 bits per heavy atom. The van der Waals surface area contributed by atoms with E-state index in [1.165, 1.54) is 176 Å². The zero-order valence-corrected chi connectivity index (χ0v) is 50.2. The minimum absolute atomic E-state index is 0.0105. The number of hydrogen-bond acceptors (Lipinski definition) is 23. The van der Waals surface area contributed by atoms with E-state index in [-0.39, 0.29) is 127 Å². The van der Waals surface area contributed by atoms with Crippen LogP contribution in [-0.2, 0) is 0 Å². The molecule has 10 amide bonds. The molecule has 482 valence electrons. The van der Waals surface area contributed by atoms with E-state index in [1.54, 1.807) is 24.3 Å². The third-order valence-corrected chi connectivity index (χ3v) is 13.0. The van der Waals surface area contributed by atoms with Crippen LogP contribution in [0.5, 0.6) is 0 Å². The quantitative estimate of drug-likeness (QED) is 0.0377. The summed E-state index contributed by atoms with van der Waals surface area (Å²) < 4.78 is 0. The highest BCUT2D eigenvalue weighted by Crippen LogP contribution is 2.20. The average Bonchev–Trinajstić information content (AvgIpc) is 0.865. The molecule has 0 saturated heterocycles. The Hall–Kier alpha value is -15.1. The fraction of sp³-hybridized carbons (Fsp3) is 0. The number of nitrogens with one attached hydrogen (secondary N) is 10. The van der Waals surface area contributed by atoms with Gasteiger partial charge in [0.05, 0.1) is 0 Å². The van der Waals surface area contributed by atoms with Crippen LogP contribution in [0.4, 0.5) is 69.8 Å². The maximum atomic E-state index is 13.5. The number of anilines is 12. The van der Waals surface area contributed by atoms with Gasteiger partial charge in [0, 0.05) is 0 Å². The third-order valence-electron chi connectivity index (χ3n) is 13.0. The van der Waals surface area contributed by atoms with E-state index in [2.05, 4.69) is 108 Å². The first-order valence-corrected chi connectivity index (χ1v) is 28.7. The lowest BCUT2D eigenvalue weighted by Crippen LogP contribution is -2.21. The molecule has 11 heterocycles. The van der Waals surface area contributed by atoms with Crippen LogP contribution < -0.4 is 64.6 Å². The summed E-state index contributed by atoms with van der Waals surface area (Å²) in [4.78, 5) is 178. The number of amides is 10. The molecule has 0 spiro atoms. The molecule has 0 radical (unpaired) electrons. The summed E-state index contributed by atoms with van der Waals surface area (Å²) in [5.41, 5.74) is 9.88. The fourth-order valence-electron chi connectivity index (χ4n) is 8.58. The number of nitrogens with zero attached hydrogens (tertiary/aromatic N) is 11. The van der Waals surface area contributed by atoms with Crippen LogP contribution in [-0.4, -0.2) is 114 Å². The van der Waals surface area contributed by atoms with Crippen LogP contribution in [0.15, 0.2) is 200 Å². The van der Waals surface area contributed by atoms with E-state index in [1.807, 2.05) is 0 Å². The predicted octanol–water partition coefficient (Wildman–Crippen LogP) is 6.72. The van der Waals surface area contributed by atoms with Gasteiger partial charge in [0.1, 0.15) is 127 Å². The van der Waals surface area contributed by atoms with Crippen molar-refractivity contribution in [1.82, 2.24) is 54.8 Å². The lowest BCUT2D eigenvalue weighted by atomic mass is 10.2. The summed E-state index contributed by atoms with van der Waals surface area (Å²) >= 11 is 0. The van der Waals surface area contributed by atoms with Gasteiger partial charge in [-0.25, -0.2) is 54.8 Å². The zero-order chi connectivity index (χ0) is 68.7. The first-order chi connectivity index (χ1) is 47.4. The summed E-state index contributed by atoms with van der Waals surface area (Å²) in [7, 11) is 0. The van der Waals surface area contributed by atoms with Crippen LogP contribution in [0.25, 0.3) is 0 Å². The van der Waals surface area contributed by atoms with Crippen LogP contribution in [0.1, 0.15) is 105 Å². The molecule has 0 aromatic carbocycles. The predicted molar refractivity (Wildman–Crippen MR) is 355 cm³/mol. The molecule has 0 unspecified atom stereocenters. The molecule has 33 heteroatoms. The standard InChI is InChI=1S/C65H47N23O10/c66-44-22-6-24-46(73-44)79-56(89)34-12-1-14-36(68-34)58(91)81-48-26-8-28-50(75-48)83-60(93)38-16-3-18-40(70-38)62(95)85-52-30-10-32-54(77-52)87-64(97)42-20-5-21-43(72-42)65(98)88-55-33-11-31-53(78-55)86-63(96)41-19-4-17-39(71-41)61(94)84-51-29-9-27-49(76-51)82-59(92)37-15-2-13-35(69-37)57(90)80-47-25-7-23-45(67)74-47/h1-33H,(H3,66,73,79,89)(H3,67,74,80,90)(H2,75,81,83,91,93)(H2,76,82,84,92,94)(H2,77,85,87,95,97)(H2,78,86,88,96,98). The van der Waals surface area contributed by atoms with Crippen molar-refractivity contribution in [3.63, 3.8) is 0 Å². The molecule has 0 aliphatic rings. The smallest absolute Gasteiger partial charge is 0.275 e. The molecule has 0 bridgehead atoms. The summed E-state index contributed by atoms with van der Waals surface area (Å²) in [6.07, 6.45) is 0. The Bertz CT molecular complexity index is 4710. The molecule has 0 aliphatic heterocycles. The minimum Gasteiger partial charge on any atom is -0.384 e. The van der Waals surface area contributed by atoms with Gasteiger partial charge in [0.15, 0.2) is 0 Å². The van der Waals surface area contributed by atoms with E-state index in [0.29, 0.717) is 0 Å². The summed E-state index contributed by atoms with van der Waals surface area (Å²) in [6, 6.07) is 47.8. The van der Waals surface area contributed by atoms with E-state index in [9.17, 15) is 47.9 Å². The van der Waals surface area contributed by atoms with E-state index in [0.717, 1.165) is 0 Å². The van der Waals surface area contributed by atoms with Crippen LogP contribution >= 0.6 is 0 Å². The van der Waals surface area contributed by atoms with Crippen LogP contribution in [0.2, 0.25) is 0 Å². The molecule has 0 aliphatic carbocycles. The second kappa shape index (κ2) is 29.5. The van der Waals surface area contributed by atoms with Crippen LogP contribution in [0.3, 0.4) is 0 Å². The highest BCUT2D eigenvalue weighted by molar-refractivity contribution is 6.10. The van der Waals surface area contributed by atoms with Crippen molar-refractivity contribution in [3.8, 4) is 0 Å². The maximum absolute atomic E-state index is 13.5. The monoisotopic (exact) mass is 1310 g/mol. The molecule has 11 rings (SSSR count). The summed E-state index contributed by atoms with van der Waals surface area (Å²) in [5.74, 6) is -6.55. The number of carbonyl (C=O) groups is 10. The van der Waals surface area contributed by atoms with Crippen molar-refractivity contribution < 1.29 is 47.9 Å². The summed E-state index contributed by atoms with van der Waals surface area (Å²) in [5, 5.41) is 25.7. The molecule has 11 aromatic rings. The van der Waals surface area contributed by atoms with E-state index in [4.69, 9.17) is 11.5 Å². The molecule has 11 aromatic heterocycles. The van der Waals surface area contributed by atoms with Crippen molar-refractivity contribution in [2.75, 3.05) is 64.6 Å². The number of rotatable bonds is 20. The second-order valence-corrected chi connectivity index (χ2v) is 20.1. The largest absolute Gasteiger partial charge is 0.384 e. The molecular weight excluding hydrogens is 1260 g/mol. The first-order valence-electron chi connectivity index (χ1n) is 28.7. The van der Waals surface area contributed by atoms with Crippen molar-refractivity contribution in [2.45, 2.75) is 0 Å². The normalized spacial score (nSPS) is 10.5. The zero-order valence-electron chi connectivity index (χ0n) is 50.2. The summed E-state index contributed by atoms with van der Waals surface area (Å²) in [6.45, 7) is 0. The molecule has 0 fully saturated rings. The number of aromatic nitrogens is 11. The number of hydrogen-bond donors (Lipinski definition) is 12. The van der Waals surface area contributed by atoms with Crippen molar-refractivity contribution >= 4 is 129 Å². The fourth-order valence-corrected chi connectivity index (χ4v) is 8.58. The minimum atomic E-state index is -0.781. The maximum Gasteiger partial charge on any atom is 0.275 e. The number of nitrogens with two attached hydrogens (primary N) is 2. The third kappa shape index (κ3) is 16.9. The van der Waals surface area contributed by atoms with E-state index >= 15 is 0 Å². The molecule has 0 saturated carbocycles. The van der Waals surface area contributed by atoms with Crippen molar-refractivity contribution in [1.29, 1.82) is 0 Å². The molecule has 98 heavy (non-hydrogen) atoms. The Labute approximate surface area is 551 Å². The van der Waals surface area contributed by atoms with Gasteiger partial charge in [0.2, 0.25) is 0 Å². The van der Waals surface area contributed by atoms with Gasteiger partial charge < -0.3 is 64.6 Å². The van der Waals surface area contributed by atoms with Gasteiger partial charge >= 0.3 is 0 Å². The van der Waals surface area contributed by atoms with Gasteiger partial charge in [0.25, 0.3) is 59.1 Å². The highest BCUT2D eigenvalue weighted by Gasteiger charge is 2.22. The van der Waals surface area contributed by atoms with Crippen LogP contribution in [0, 0.1) is 0 Å². The van der Waals surface area contributed by atoms with Gasteiger partial charge in [-0.05, 0) is 133 Å². The molecule has 14 N–H and O–H groups in total. The number of nitrogen functional groups attached to an aromatic ring is 2. The van der Waals surface area contributed by atoms with Gasteiger partial charge in [-0.1, -0.05) is 66.7 Å². The Morgan fingerprint density at radius 1 is 0.173 bits per heavy atom. The Balaban J connectivity index is 0.642. The van der Waals surface area contributed by atoms with Crippen molar-refractivity contribution in [2.24, 2.45) is 0 Å².